The maximum absolute atomic E-state index is 12.6. The quantitative estimate of drug-likeness (QED) is 0.200. The molecule has 10 heteroatoms. The lowest BCUT2D eigenvalue weighted by molar-refractivity contribution is -0.126. The van der Waals surface area contributed by atoms with Crippen LogP contribution in [0.3, 0.4) is 0 Å². The van der Waals surface area contributed by atoms with Gasteiger partial charge in [0.25, 0.3) is 0 Å². The molecule has 0 unspecified atom stereocenters. The molecule has 3 heterocycles. The first-order valence-corrected chi connectivity index (χ1v) is 14.3. The summed E-state index contributed by atoms with van der Waals surface area (Å²) in [6, 6.07) is 15.5. The van der Waals surface area contributed by atoms with Crippen LogP contribution < -0.4 is 15.4 Å². The number of fused-ring (bicyclic) bond motifs is 2. The fraction of sp³-hybridized carbons (Fsp3) is 0.276. The summed E-state index contributed by atoms with van der Waals surface area (Å²) >= 11 is 8.28. The second-order valence-electron chi connectivity index (χ2n) is 9.72. The van der Waals surface area contributed by atoms with Gasteiger partial charge in [-0.05, 0) is 73.5 Å². The van der Waals surface area contributed by atoms with Gasteiger partial charge < -0.3 is 25.0 Å². The summed E-state index contributed by atoms with van der Waals surface area (Å²) in [4.78, 5) is 21.4. The molecule has 39 heavy (non-hydrogen) atoms. The second kappa shape index (κ2) is 11.2. The molecule has 6 rings (SSSR count). The first-order chi connectivity index (χ1) is 19.0. The summed E-state index contributed by atoms with van der Waals surface area (Å²) in [5, 5.41) is 19.7. The van der Waals surface area contributed by atoms with Crippen molar-refractivity contribution in [2.24, 2.45) is 5.92 Å². The SMILES string of the molecule is O=C(NCCn1ccc2ncnc(Nc3ccc(Oc4cccc5sccc45)c(Cl)c3)c21)[C@H]1CC[C@@H](O)CC1. The Bertz CT molecular complexity index is 1630. The molecular formula is C29H28ClN5O3S. The predicted octanol–water partition coefficient (Wildman–Crippen LogP) is 6.50. The predicted molar refractivity (Wildman–Crippen MR) is 155 cm³/mol. The highest BCUT2D eigenvalue weighted by molar-refractivity contribution is 7.17. The number of benzene rings is 2. The van der Waals surface area contributed by atoms with Crippen LogP contribution in [0.4, 0.5) is 11.5 Å². The minimum absolute atomic E-state index is 0.0229. The van der Waals surface area contributed by atoms with E-state index in [-0.39, 0.29) is 17.9 Å². The number of aliphatic hydroxyl groups is 1. The Kier molecular flexibility index (Phi) is 7.36. The first-order valence-electron chi connectivity index (χ1n) is 13.0. The third-order valence-corrected chi connectivity index (χ3v) is 8.32. The smallest absolute Gasteiger partial charge is 0.223 e. The third-order valence-electron chi connectivity index (χ3n) is 7.14. The summed E-state index contributed by atoms with van der Waals surface area (Å²) in [5.41, 5.74) is 2.41. The molecule has 1 amide bonds. The molecule has 5 aromatic rings. The summed E-state index contributed by atoms with van der Waals surface area (Å²) in [5.74, 6) is 2.01. The van der Waals surface area contributed by atoms with Gasteiger partial charge >= 0.3 is 0 Å². The van der Waals surface area contributed by atoms with Crippen molar-refractivity contribution in [3.63, 3.8) is 0 Å². The molecule has 1 fully saturated rings. The van der Waals surface area contributed by atoms with Gasteiger partial charge in [-0.3, -0.25) is 4.79 Å². The van der Waals surface area contributed by atoms with Crippen LogP contribution in [0.1, 0.15) is 25.7 Å². The number of rotatable bonds is 8. The standard InChI is InChI=1S/C29H28ClN5O3S/c30-22-16-19(6-9-25(22)38-24-2-1-3-26-21(24)11-15-39-26)34-28-27-23(32-17-33-28)10-13-35(27)14-12-31-29(37)18-4-7-20(36)8-5-18/h1-3,6,9-11,13,15-18,20,36H,4-5,7-8,12,14H2,(H,31,37)(H,32,33,34)/t18-,20+. The van der Waals surface area contributed by atoms with E-state index in [0.717, 1.165) is 45.4 Å². The Morgan fingerprint density at radius 3 is 2.82 bits per heavy atom. The van der Waals surface area contributed by atoms with Crippen LogP contribution in [-0.2, 0) is 11.3 Å². The molecule has 1 saturated carbocycles. The third kappa shape index (κ3) is 5.56. The molecule has 3 aromatic heterocycles. The number of nitrogens with one attached hydrogen (secondary N) is 2. The number of halogens is 1. The molecule has 3 N–H and O–H groups in total. The van der Waals surface area contributed by atoms with Crippen LogP contribution in [0.5, 0.6) is 11.5 Å². The van der Waals surface area contributed by atoms with Gasteiger partial charge in [-0.2, -0.15) is 0 Å². The number of thiophene rings is 1. The van der Waals surface area contributed by atoms with Crippen molar-refractivity contribution in [2.75, 3.05) is 11.9 Å². The van der Waals surface area contributed by atoms with E-state index in [4.69, 9.17) is 16.3 Å². The Morgan fingerprint density at radius 2 is 1.97 bits per heavy atom. The average Bonchev–Trinajstić information content (AvgIpc) is 3.59. The van der Waals surface area contributed by atoms with Crippen molar-refractivity contribution in [3.8, 4) is 11.5 Å². The van der Waals surface area contributed by atoms with Crippen molar-refractivity contribution >= 4 is 61.5 Å². The highest BCUT2D eigenvalue weighted by Gasteiger charge is 2.24. The van der Waals surface area contributed by atoms with E-state index in [1.54, 1.807) is 11.3 Å². The van der Waals surface area contributed by atoms with Gasteiger partial charge in [-0.1, -0.05) is 17.7 Å². The van der Waals surface area contributed by atoms with Gasteiger partial charge in [0.2, 0.25) is 5.91 Å². The maximum atomic E-state index is 12.6. The molecule has 8 nitrogen and oxygen atoms in total. The summed E-state index contributed by atoms with van der Waals surface area (Å²) < 4.78 is 9.34. The summed E-state index contributed by atoms with van der Waals surface area (Å²) in [6.45, 7) is 1.07. The lowest BCUT2D eigenvalue weighted by Gasteiger charge is -2.24. The Morgan fingerprint density at radius 1 is 1.10 bits per heavy atom. The van der Waals surface area contributed by atoms with Crippen molar-refractivity contribution in [1.29, 1.82) is 0 Å². The number of anilines is 2. The number of ether oxygens (including phenoxy) is 1. The average molecular weight is 562 g/mol. The number of aliphatic hydroxyl groups excluding tert-OH is 1. The summed E-state index contributed by atoms with van der Waals surface area (Å²) in [7, 11) is 0. The lowest BCUT2D eigenvalue weighted by atomic mass is 9.87. The highest BCUT2D eigenvalue weighted by atomic mass is 35.5. The Hall–Kier alpha value is -3.66. The molecule has 0 atom stereocenters. The number of carbonyl (C=O) groups excluding carboxylic acids is 1. The molecule has 0 spiro atoms. The van der Waals surface area contributed by atoms with Crippen LogP contribution in [0.15, 0.2) is 66.4 Å². The molecule has 0 radical (unpaired) electrons. The fourth-order valence-corrected chi connectivity index (χ4v) is 6.09. The number of nitrogens with zero attached hydrogens (tertiary/aromatic N) is 3. The van der Waals surface area contributed by atoms with E-state index in [0.29, 0.717) is 42.5 Å². The van der Waals surface area contributed by atoms with E-state index in [1.165, 1.54) is 6.33 Å². The number of hydrogen-bond donors (Lipinski definition) is 3. The zero-order valence-electron chi connectivity index (χ0n) is 21.1. The Balaban J connectivity index is 1.15. The highest BCUT2D eigenvalue weighted by Crippen LogP contribution is 2.37. The fourth-order valence-electron chi connectivity index (χ4n) is 5.06. The zero-order chi connectivity index (χ0) is 26.8. The zero-order valence-corrected chi connectivity index (χ0v) is 22.7. The molecule has 0 bridgehead atoms. The molecule has 200 valence electrons. The van der Waals surface area contributed by atoms with E-state index >= 15 is 0 Å². The number of amides is 1. The van der Waals surface area contributed by atoms with Crippen molar-refractivity contribution in [2.45, 2.75) is 38.3 Å². The summed E-state index contributed by atoms with van der Waals surface area (Å²) in [6.07, 6.45) is 6.04. The monoisotopic (exact) mass is 561 g/mol. The minimum Gasteiger partial charge on any atom is -0.455 e. The van der Waals surface area contributed by atoms with Gasteiger partial charge in [0.1, 0.15) is 23.3 Å². The van der Waals surface area contributed by atoms with E-state index < -0.39 is 0 Å². The molecule has 1 aliphatic rings. The van der Waals surface area contributed by atoms with Gasteiger partial charge in [0.15, 0.2) is 5.82 Å². The largest absolute Gasteiger partial charge is 0.455 e. The first kappa shape index (κ1) is 25.6. The van der Waals surface area contributed by atoms with Crippen LogP contribution in [-0.4, -0.2) is 38.2 Å². The number of hydrogen-bond acceptors (Lipinski definition) is 7. The van der Waals surface area contributed by atoms with Gasteiger partial charge in [-0.25, -0.2) is 9.97 Å². The lowest BCUT2D eigenvalue weighted by Crippen LogP contribution is -2.35. The molecule has 2 aromatic carbocycles. The van der Waals surface area contributed by atoms with Crippen LogP contribution >= 0.6 is 22.9 Å². The molecule has 0 saturated heterocycles. The van der Waals surface area contributed by atoms with Crippen molar-refractivity contribution in [1.82, 2.24) is 19.9 Å². The van der Waals surface area contributed by atoms with Gasteiger partial charge in [-0.15, -0.1) is 11.3 Å². The van der Waals surface area contributed by atoms with Crippen molar-refractivity contribution < 1.29 is 14.6 Å². The normalized spacial score (nSPS) is 17.4. The van der Waals surface area contributed by atoms with Crippen LogP contribution in [0.25, 0.3) is 21.1 Å². The van der Waals surface area contributed by atoms with E-state index in [1.807, 2.05) is 58.6 Å². The van der Waals surface area contributed by atoms with Crippen molar-refractivity contribution in [3.05, 3.63) is 71.5 Å². The van der Waals surface area contributed by atoms with Crippen LogP contribution in [0.2, 0.25) is 5.02 Å². The second-order valence-corrected chi connectivity index (χ2v) is 11.1. The van der Waals surface area contributed by atoms with E-state index in [2.05, 4.69) is 26.7 Å². The number of aromatic nitrogens is 3. The van der Waals surface area contributed by atoms with E-state index in [9.17, 15) is 9.90 Å². The van der Waals surface area contributed by atoms with Gasteiger partial charge in [0, 0.05) is 41.0 Å². The topological polar surface area (TPSA) is 101 Å². The minimum atomic E-state index is -0.272. The Labute approximate surface area is 234 Å². The molecular weight excluding hydrogens is 534 g/mol. The molecule has 1 aliphatic carbocycles. The maximum Gasteiger partial charge on any atom is 0.223 e. The van der Waals surface area contributed by atoms with Crippen LogP contribution in [0, 0.1) is 5.92 Å². The van der Waals surface area contributed by atoms with Gasteiger partial charge in [0.05, 0.1) is 16.6 Å². The number of carbonyl (C=O) groups is 1. The molecule has 0 aliphatic heterocycles.